The summed E-state index contributed by atoms with van der Waals surface area (Å²) in [7, 11) is 0. The molecule has 0 aliphatic rings. The van der Waals surface area contributed by atoms with Crippen molar-refractivity contribution in [1.29, 1.82) is 0 Å². The molecule has 0 aromatic carbocycles. The fraction of sp³-hybridized carbons (Fsp3) is 1.00. The SMILES string of the molecule is CC.CC(C)(C)C.[B]. The van der Waals surface area contributed by atoms with E-state index in [0.717, 1.165) is 0 Å². The first kappa shape index (κ1) is 15.7. The largest absolute Gasteiger partial charge is 0.0683 e. The Morgan fingerprint density at radius 2 is 0.750 bits per heavy atom. The average Bonchev–Trinajstić information content (AvgIpc) is 1.36. The van der Waals surface area contributed by atoms with Crippen molar-refractivity contribution in [2.24, 2.45) is 5.41 Å². The van der Waals surface area contributed by atoms with E-state index in [1.807, 2.05) is 13.8 Å². The minimum absolute atomic E-state index is 0. The van der Waals surface area contributed by atoms with Crippen LogP contribution in [0.15, 0.2) is 0 Å². The van der Waals surface area contributed by atoms with Gasteiger partial charge in [0.05, 0.1) is 0 Å². The molecule has 0 aromatic rings. The molecule has 0 nitrogen and oxygen atoms in total. The normalized spacial score (nSPS) is 8.25. The molecule has 0 rings (SSSR count). The van der Waals surface area contributed by atoms with Crippen LogP contribution in [0.1, 0.15) is 41.5 Å². The molecule has 0 fully saturated rings. The summed E-state index contributed by atoms with van der Waals surface area (Å²) in [6.07, 6.45) is 0. The summed E-state index contributed by atoms with van der Waals surface area (Å²) in [6.45, 7) is 12.8. The van der Waals surface area contributed by atoms with E-state index < -0.39 is 0 Å². The second-order valence-electron chi connectivity index (χ2n) is 3.00. The molecule has 3 radical (unpaired) electrons. The summed E-state index contributed by atoms with van der Waals surface area (Å²) in [5.41, 5.74) is 0.500. The van der Waals surface area contributed by atoms with E-state index in [9.17, 15) is 0 Å². The molecule has 0 aliphatic carbocycles. The molecular formula is C7H18B. The lowest BCUT2D eigenvalue weighted by Gasteiger charge is -2.05. The van der Waals surface area contributed by atoms with E-state index in [2.05, 4.69) is 27.7 Å². The third-order valence-electron chi connectivity index (χ3n) is 0. The molecule has 0 amide bonds. The van der Waals surface area contributed by atoms with Gasteiger partial charge in [-0.2, -0.15) is 0 Å². The van der Waals surface area contributed by atoms with Crippen LogP contribution in [0.5, 0.6) is 0 Å². The van der Waals surface area contributed by atoms with Crippen molar-refractivity contribution in [3.8, 4) is 0 Å². The van der Waals surface area contributed by atoms with E-state index in [4.69, 9.17) is 0 Å². The zero-order chi connectivity index (χ0) is 6.50. The van der Waals surface area contributed by atoms with Gasteiger partial charge in [-0.05, 0) is 5.41 Å². The minimum atomic E-state index is 0. The predicted molar refractivity (Wildman–Crippen MR) is 42.2 cm³/mol. The lowest BCUT2D eigenvalue weighted by molar-refractivity contribution is 0.469. The third-order valence-corrected chi connectivity index (χ3v) is 0. The molecular weight excluding hydrogens is 94.9 g/mol. The van der Waals surface area contributed by atoms with Gasteiger partial charge >= 0.3 is 0 Å². The van der Waals surface area contributed by atoms with Gasteiger partial charge in [0, 0.05) is 8.41 Å². The van der Waals surface area contributed by atoms with Gasteiger partial charge in [0.15, 0.2) is 0 Å². The number of rotatable bonds is 0. The van der Waals surface area contributed by atoms with Gasteiger partial charge in [0.2, 0.25) is 0 Å². The summed E-state index contributed by atoms with van der Waals surface area (Å²) in [5, 5.41) is 0. The smallest absolute Gasteiger partial charge is 0 e. The van der Waals surface area contributed by atoms with Crippen LogP contribution < -0.4 is 0 Å². The van der Waals surface area contributed by atoms with Crippen LogP contribution in [0.3, 0.4) is 0 Å². The summed E-state index contributed by atoms with van der Waals surface area (Å²) in [4.78, 5) is 0. The summed E-state index contributed by atoms with van der Waals surface area (Å²) in [6, 6.07) is 0. The van der Waals surface area contributed by atoms with Crippen molar-refractivity contribution in [1.82, 2.24) is 0 Å². The van der Waals surface area contributed by atoms with Crippen molar-refractivity contribution in [3.05, 3.63) is 0 Å². The zero-order valence-corrected chi connectivity index (χ0v) is 7.08. The maximum Gasteiger partial charge on any atom is 0 e. The van der Waals surface area contributed by atoms with E-state index in [-0.39, 0.29) is 8.41 Å². The molecule has 0 heterocycles. The maximum absolute atomic E-state index is 2.19. The Bertz CT molecular complexity index is 19.9. The third kappa shape index (κ3) is 36900. The molecule has 0 unspecified atom stereocenters. The monoisotopic (exact) mass is 113 g/mol. The zero-order valence-electron chi connectivity index (χ0n) is 7.08. The van der Waals surface area contributed by atoms with Gasteiger partial charge in [-0.25, -0.2) is 0 Å². The van der Waals surface area contributed by atoms with E-state index in [1.165, 1.54) is 0 Å². The van der Waals surface area contributed by atoms with Gasteiger partial charge < -0.3 is 0 Å². The highest BCUT2D eigenvalue weighted by molar-refractivity contribution is 5.75. The fourth-order valence-corrected chi connectivity index (χ4v) is 0. The van der Waals surface area contributed by atoms with Gasteiger partial charge in [-0.3, -0.25) is 0 Å². The molecule has 49 valence electrons. The van der Waals surface area contributed by atoms with Crippen LogP contribution >= 0.6 is 0 Å². The van der Waals surface area contributed by atoms with E-state index in [0.29, 0.717) is 5.41 Å². The molecule has 8 heavy (non-hydrogen) atoms. The van der Waals surface area contributed by atoms with Crippen molar-refractivity contribution in [2.45, 2.75) is 41.5 Å². The Kier molecular flexibility index (Phi) is 13.9. The van der Waals surface area contributed by atoms with Crippen LogP contribution in [0.4, 0.5) is 0 Å². The first-order valence-corrected chi connectivity index (χ1v) is 3.00. The predicted octanol–water partition coefficient (Wildman–Crippen LogP) is 2.70. The Morgan fingerprint density at radius 3 is 0.750 bits per heavy atom. The van der Waals surface area contributed by atoms with Crippen molar-refractivity contribution in [2.75, 3.05) is 0 Å². The van der Waals surface area contributed by atoms with Crippen molar-refractivity contribution >= 4 is 8.41 Å². The Hall–Kier alpha value is 0.0649. The number of hydrogen-bond donors (Lipinski definition) is 0. The minimum Gasteiger partial charge on any atom is -0.0683 e. The first-order valence-electron chi connectivity index (χ1n) is 3.00. The molecule has 0 bridgehead atoms. The Morgan fingerprint density at radius 1 is 0.750 bits per heavy atom. The first-order chi connectivity index (χ1) is 3.00. The molecule has 0 aliphatic heterocycles. The molecule has 0 spiro atoms. The van der Waals surface area contributed by atoms with E-state index in [1.54, 1.807) is 0 Å². The topological polar surface area (TPSA) is 0 Å². The highest BCUT2D eigenvalue weighted by atomic mass is 14.0. The quantitative estimate of drug-likeness (QED) is 0.423. The Balaban J connectivity index is -0.0000000750. The summed E-state index contributed by atoms with van der Waals surface area (Å²) >= 11 is 0. The molecule has 0 atom stereocenters. The molecule has 0 N–H and O–H groups in total. The molecule has 0 saturated carbocycles. The van der Waals surface area contributed by atoms with Crippen molar-refractivity contribution < 1.29 is 0 Å². The standard InChI is InChI=1S/C5H12.C2H6.B/c1-5(2,3)4;1-2;/h1-4H3;1-2H3;. The molecule has 0 aromatic heterocycles. The van der Waals surface area contributed by atoms with Crippen molar-refractivity contribution in [3.63, 3.8) is 0 Å². The van der Waals surface area contributed by atoms with Crippen LogP contribution in [0.25, 0.3) is 0 Å². The fourth-order valence-electron chi connectivity index (χ4n) is 0. The second kappa shape index (κ2) is 7.06. The second-order valence-corrected chi connectivity index (χ2v) is 3.00. The van der Waals surface area contributed by atoms with Gasteiger partial charge in [-0.15, -0.1) is 0 Å². The van der Waals surface area contributed by atoms with E-state index >= 15 is 0 Å². The van der Waals surface area contributed by atoms with Crippen LogP contribution in [0.2, 0.25) is 0 Å². The summed E-state index contributed by atoms with van der Waals surface area (Å²) < 4.78 is 0. The highest BCUT2D eigenvalue weighted by Gasteiger charge is 1.95. The number of hydrogen-bond acceptors (Lipinski definition) is 0. The molecule has 1 heteroatoms. The van der Waals surface area contributed by atoms with Gasteiger partial charge in [0.25, 0.3) is 0 Å². The average molecular weight is 113 g/mol. The van der Waals surface area contributed by atoms with Crippen LogP contribution in [0, 0.1) is 5.41 Å². The molecule has 0 saturated heterocycles. The van der Waals surface area contributed by atoms with Crippen LogP contribution in [-0.2, 0) is 0 Å². The lowest BCUT2D eigenvalue weighted by atomic mass is 10.0. The van der Waals surface area contributed by atoms with Gasteiger partial charge in [0.1, 0.15) is 0 Å². The Labute approximate surface area is 56.3 Å². The summed E-state index contributed by atoms with van der Waals surface area (Å²) in [5.74, 6) is 0. The highest BCUT2D eigenvalue weighted by Crippen LogP contribution is 2.07. The lowest BCUT2D eigenvalue weighted by Crippen LogP contribution is -1.93. The van der Waals surface area contributed by atoms with Gasteiger partial charge in [-0.1, -0.05) is 41.5 Å². The maximum atomic E-state index is 2.19. The van der Waals surface area contributed by atoms with Crippen LogP contribution in [-0.4, -0.2) is 8.41 Å².